The lowest BCUT2D eigenvalue weighted by atomic mass is 10.1. The quantitative estimate of drug-likeness (QED) is 0.866. The molecule has 2 heterocycles. The standard InChI is InChI=1S/C14H23N5/c1-5-11(2)19-9-7-12(17-19)10-13(15-3)14-6-8-16-18(14)4/h6-9,11,13,15H,5,10H2,1-4H3. The van der Waals surface area contributed by atoms with E-state index in [0.29, 0.717) is 6.04 Å². The van der Waals surface area contributed by atoms with Crippen LogP contribution in [0.15, 0.2) is 24.5 Å². The molecule has 0 bridgehead atoms. The summed E-state index contributed by atoms with van der Waals surface area (Å²) in [5.74, 6) is 0. The molecule has 0 aromatic carbocycles. The maximum Gasteiger partial charge on any atom is 0.0644 e. The van der Waals surface area contributed by atoms with Gasteiger partial charge >= 0.3 is 0 Å². The highest BCUT2D eigenvalue weighted by molar-refractivity contribution is 5.12. The van der Waals surface area contributed by atoms with Crippen molar-refractivity contribution >= 4 is 0 Å². The summed E-state index contributed by atoms with van der Waals surface area (Å²) in [5, 5.41) is 12.2. The Hall–Kier alpha value is -1.62. The first-order valence-electron chi connectivity index (χ1n) is 6.84. The van der Waals surface area contributed by atoms with E-state index in [4.69, 9.17) is 0 Å². The highest BCUT2D eigenvalue weighted by Gasteiger charge is 2.15. The van der Waals surface area contributed by atoms with Crippen LogP contribution in [0.1, 0.15) is 43.7 Å². The Bertz CT molecular complexity index is 513. The zero-order valence-corrected chi connectivity index (χ0v) is 12.2. The van der Waals surface area contributed by atoms with E-state index in [1.54, 1.807) is 0 Å². The van der Waals surface area contributed by atoms with Gasteiger partial charge in [-0.25, -0.2) is 0 Å². The molecule has 5 nitrogen and oxygen atoms in total. The SMILES string of the molecule is CCC(C)n1ccc(CC(NC)c2ccnn2C)n1. The van der Waals surface area contributed by atoms with Gasteiger partial charge in [-0.05, 0) is 32.5 Å². The van der Waals surface area contributed by atoms with Gasteiger partial charge in [-0.1, -0.05) is 6.92 Å². The Morgan fingerprint density at radius 3 is 2.74 bits per heavy atom. The molecule has 0 radical (unpaired) electrons. The third-order valence-electron chi connectivity index (χ3n) is 3.68. The average molecular weight is 261 g/mol. The number of aryl methyl sites for hydroxylation is 1. The van der Waals surface area contributed by atoms with Gasteiger partial charge in [0.1, 0.15) is 0 Å². The van der Waals surface area contributed by atoms with Crippen LogP contribution in [0.3, 0.4) is 0 Å². The van der Waals surface area contributed by atoms with Crippen molar-refractivity contribution in [3.63, 3.8) is 0 Å². The number of hydrogen-bond donors (Lipinski definition) is 1. The van der Waals surface area contributed by atoms with Crippen molar-refractivity contribution in [1.29, 1.82) is 0 Å². The minimum Gasteiger partial charge on any atom is -0.311 e. The Labute approximate surface area is 114 Å². The van der Waals surface area contributed by atoms with Gasteiger partial charge in [0, 0.05) is 31.9 Å². The van der Waals surface area contributed by atoms with Crippen molar-refractivity contribution in [1.82, 2.24) is 24.9 Å². The molecule has 5 heteroatoms. The summed E-state index contributed by atoms with van der Waals surface area (Å²) in [6, 6.07) is 4.85. The minimum atomic E-state index is 0.243. The lowest BCUT2D eigenvalue weighted by Gasteiger charge is -2.15. The summed E-state index contributed by atoms with van der Waals surface area (Å²) in [5.41, 5.74) is 2.29. The molecule has 104 valence electrons. The molecule has 2 unspecified atom stereocenters. The number of aromatic nitrogens is 4. The number of rotatable bonds is 6. The van der Waals surface area contributed by atoms with Gasteiger partial charge in [0.2, 0.25) is 0 Å². The van der Waals surface area contributed by atoms with E-state index in [1.165, 1.54) is 5.69 Å². The van der Waals surface area contributed by atoms with Crippen LogP contribution in [0.4, 0.5) is 0 Å². The van der Waals surface area contributed by atoms with E-state index in [0.717, 1.165) is 18.5 Å². The Balaban J connectivity index is 2.11. The molecule has 0 saturated carbocycles. The highest BCUT2D eigenvalue weighted by Crippen LogP contribution is 2.17. The maximum atomic E-state index is 4.66. The summed E-state index contributed by atoms with van der Waals surface area (Å²) in [7, 11) is 3.95. The fraction of sp³-hybridized carbons (Fsp3) is 0.571. The molecule has 2 aromatic heterocycles. The van der Waals surface area contributed by atoms with Gasteiger partial charge in [0.25, 0.3) is 0 Å². The zero-order valence-electron chi connectivity index (χ0n) is 12.2. The van der Waals surface area contributed by atoms with Crippen LogP contribution >= 0.6 is 0 Å². The summed E-state index contributed by atoms with van der Waals surface area (Å²) in [6.07, 6.45) is 5.87. The molecule has 2 rings (SSSR count). The number of nitrogens with one attached hydrogen (secondary N) is 1. The van der Waals surface area contributed by atoms with Gasteiger partial charge in [0.05, 0.1) is 17.4 Å². The molecule has 0 aliphatic heterocycles. The van der Waals surface area contributed by atoms with E-state index < -0.39 is 0 Å². The molecule has 0 spiro atoms. The molecule has 19 heavy (non-hydrogen) atoms. The maximum absolute atomic E-state index is 4.66. The van der Waals surface area contributed by atoms with E-state index in [-0.39, 0.29) is 6.04 Å². The fourth-order valence-electron chi connectivity index (χ4n) is 2.21. The zero-order chi connectivity index (χ0) is 13.8. The summed E-state index contributed by atoms with van der Waals surface area (Å²) in [6.45, 7) is 4.37. The molecule has 0 fully saturated rings. The first-order valence-corrected chi connectivity index (χ1v) is 6.84. The van der Waals surface area contributed by atoms with Crippen LogP contribution in [0.25, 0.3) is 0 Å². The van der Waals surface area contributed by atoms with Gasteiger partial charge < -0.3 is 5.32 Å². The second-order valence-corrected chi connectivity index (χ2v) is 4.97. The molecular formula is C14H23N5. The normalized spacial score (nSPS) is 14.5. The molecule has 0 aliphatic rings. The van der Waals surface area contributed by atoms with Crippen molar-refractivity contribution in [2.24, 2.45) is 7.05 Å². The van der Waals surface area contributed by atoms with Gasteiger partial charge in [-0.3, -0.25) is 9.36 Å². The lowest BCUT2D eigenvalue weighted by molar-refractivity contribution is 0.466. The Kier molecular flexibility index (Phi) is 4.37. The van der Waals surface area contributed by atoms with Crippen LogP contribution in [-0.2, 0) is 13.5 Å². The Morgan fingerprint density at radius 2 is 2.16 bits per heavy atom. The largest absolute Gasteiger partial charge is 0.311 e. The number of likely N-dealkylation sites (N-methyl/N-ethyl adjacent to an activating group) is 1. The van der Waals surface area contributed by atoms with Crippen molar-refractivity contribution in [2.75, 3.05) is 7.05 Å². The molecular weight excluding hydrogens is 238 g/mol. The number of nitrogens with zero attached hydrogens (tertiary/aromatic N) is 4. The van der Waals surface area contributed by atoms with Crippen molar-refractivity contribution < 1.29 is 0 Å². The predicted octanol–water partition coefficient (Wildman–Crippen LogP) is 2.09. The summed E-state index contributed by atoms with van der Waals surface area (Å²) in [4.78, 5) is 0. The molecule has 0 aliphatic carbocycles. The first kappa shape index (κ1) is 13.8. The van der Waals surface area contributed by atoms with Crippen molar-refractivity contribution in [2.45, 2.75) is 38.8 Å². The molecule has 1 N–H and O–H groups in total. The third-order valence-corrected chi connectivity index (χ3v) is 3.68. The first-order chi connectivity index (χ1) is 9.15. The molecule has 0 saturated heterocycles. The van der Waals surface area contributed by atoms with Crippen LogP contribution in [-0.4, -0.2) is 26.6 Å². The highest BCUT2D eigenvalue weighted by atomic mass is 15.3. The van der Waals surface area contributed by atoms with E-state index >= 15 is 0 Å². The average Bonchev–Trinajstić information content (AvgIpc) is 3.04. The van der Waals surface area contributed by atoms with Gasteiger partial charge in [-0.15, -0.1) is 0 Å². The van der Waals surface area contributed by atoms with E-state index in [9.17, 15) is 0 Å². The van der Waals surface area contributed by atoms with E-state index in [2.05, 4.69) is 41.6 Å². The van der Waals surface area contributed by atoms with Crippen LogP contribution in [0, 0.1) is 0 Å². The Morgan fingerprint density at radius 1 is 1.37 bits per heavy atom. The summed E-state index contributed by atoms with van der Waals surface area (Å²) >= 11 is 0. The van der Waals surface area contributed by atoms with Crippen LogP contribution in [0.5, 0.6) is 0 Å². The minimum absolute atomic E-state index is 0.243. The smallest absolute Gasteiger partial charge is 0.0644 e. The van der Waals surface area contributed by atoms with Crippen LogP contribution < -0.4 is 5.32 Å². The molecule has 2 aromatic rings. The predicted molar refractivity (Wildman–Crippen MR) is 75.9 cm³/mol. The van der Waals surface area contributed by atoms with E-state index in [1.807, 2.05) is 35.7 Å². The van der Waals surface area contributed by atoms with Crippen molar-refractivity contribution in [3.8, 4) is 0 Å². The second-order valence-electron chi connectivity index (χ2n) is 4.97. The second kappa shape index (κ2) is 6.02. The number of hydrogen-bond acceptors (Lipinski definition) is 3. The summed E-state index contributed by atoms with van der Waals surface area (Å²) < 4.78 is 3.96. The van der Waals surface area contributed by atoms with Gasteiger partial charge in [0.15, 0.2) is 0 Å². The topological polar surface area (TPSA) is 47.7 Å². The van der Waals surface area contributed by atoms with Crippen LogP contribution in [0.2, 0.25) is 0 Å². The monoisotopic (exact) mass is 261 g/mol. The molecule has 2 atom stereocenters. The van der Waals surface area contributed by atoms with Gasteiger partial charge in [-0.2, -0.15) is 10.2 Å². The van der Waals surface area contributed by atoms with Crippen molar-refractivity contribution in [3.05, 3.63) is 35.9 Å². The third kappa shape index (κ3) is 3.04. The fourth-order valence-corrected chi connectivity index (χ4v) is 2.21. The lowest BCUT2D eigenvalue weighted by Crippen LogP contribution is -2.22. The molecule has 0 amide bonds.